The van der Waals surface area contributed by atoms with E-state index in [2.05, 4.69) is 86.5 Å². The van der Waals surface area contributed by atoms with Gasteiger partial charge in [0.25, 0.3) is 5.91 Å². The molecule has 0 aliphatic carbocycles. The van der Waals surface area contributed by atoms with Gasteiger partial charge < -0.3 is 15.1 Å². The van der Waals surface area contributed by atoms with Crippen LogP contribution in [0.3, 0.4) is 0 Å². The molecule has 0 aromatic heterocycles. The van der Waals surface area contributed by atoms with Gasteiger partial charge in [0.05, 0.1) is 0 Å². The molecule has 164 valence electrons. The molecule has 0 saturated carbocycles. The van der Waals surface area contributed by atoms with Crippen LogP contribution in [0.4, 0.5) is 11.4 Å². The highest BCUT2D eigenvalue weighted by molar-refractivity contribution is 6.35. The predicted octanol–water partition coefficient (Wildman–Crippen LogP) is 5.46. The van der Waals surface area contributed by atoms with Gasteiger partial charge in [0.2, 0.25) is 0 Å². The first-order valence-electron chi connectivity index (χ1n) is 11.0. The molecule has 3 aromatic rings. The zero-order valence-corrected chi connectivity index (χ0v) is 19.6. The number of para-hydroxylation sites is 1. The van der Waals surface area contributed by atoms with Crippen LogP contribution in [0, 0.1) is 13.8 Å². The van der Waals surface area contributed by atoms with Crippen LogP contribution in [0.5, 0.6) is 0 Å². The Morgan fingerprint density at radius 2 is 1.56 bits per heavy atom. The highest BCUT2D eigenvalue weighted by Crippen LogP contribution is 2.36. The summed E-state index contributed by atoms with van der Waals surface area (Å²) in [5.74, 6) is -0.0510. The molecule has 0 atom stereocenters. The van der Waals surface area contributed by atoms with E-state index in [1.807, 2.05) is 30.3 Å². The number of nitrogens with one attached hydrogen (secondary N) is 1. The molecule has 4 rings (SSSR count). The SMILES string of the molecule is Cc1cc(C)cc(-c2ccc(N(C)CCN(C)C)c(C=C3C(=O)Nc4ccccc43)c2)c1. The lowest BCUT2D eigenvalue weighted by atomic mass is 9.96. The molecular weight excluding hydrogens is 394 g/mol. The van der Waals surface area contributed by atoms with Gasteiger partial charge in [0, 0.05) is 42.6 Å². The van der Waals surface area contributed by atoms with Crippen molar-refractivity contribution in [2.24, 2.45) is 0 Å². The maximum absolute atomic E-state index is 12.8. The number of nitrogens with zero attached hydrogens (tertiary/aromatic N) is 2. The number of aryl methyl sites for hydroxylation is 2. The Hall–Kier alpha value is -3.37. The quantitative estimate of drug-likeness (QED) is 0.533. The fourth-order valence-corrected chi connectivity index (χ4v) is 4.25. The van der Waals surface area contributed by atoms with Gasteiger partial charge in [-0.1, -0.05) is 53.6 Å². The molecule has 1 heterocycles. The van der Waals surface area contributed by atoms with Gasteiger partial charge in [-0.15, -0.1) is 0 Å². The summed E-state index contributed by atoms with van der Waals surface area (Å²) in [5.41, 5.74) is 9.54. The minimum absolute atomic E-state index is 0.0510. The molecule has 1 aliphatic heterocycles. The first kappa shape index (κ1) is 21.8. The van der Waals surface area contributed by atoms with E-state index in [9.17, 15) is 4.79 Å². The summed E-state index contributed by atoms with van der Waals surface area (Å²) in [7, 11) is 6.28. The van der Waals surface area contributed by atoms with Gasteiger partial charge in [-0.3, -0.25) is 4.79 Å². The summed E-state index contributed by atoms with van der Waals surface area (Å²) >= 11 is 0. The highest BCUT2D eigenvalue weighted by Gasteiger charge is 2.24. The van der Waals surface area contributed by atoms with E-state index in [0.717, 1.165) is 41.2 Å². The van der Waals surface area contributed by atoms with Crippen molar-refractivity contribution in [3.05, 3.63) is 82.9 Å². The summed E-state index contributed by atoms with van der Waals surface area (Å²) < 4.78 is 0. The van der Waals surface area contributed by atoms with Gasteiger partial charge in [-0.05, 0) is 68.9 Å². The fraction of sp³-hybridized carbons (Fsp3) is 0.250. The summed E-state index contributed by atoms with van der Waals surface area (Å²) in [6.45, 7) is 6.11. The van der Waals surface area contributed by atoms with Crippen LogP contribution < -0.4 is 10.2 Å². The van der Waals surface area contributed by atoms with E-state index >= 15 is 0 Å². The van der Waals surface area contributed by atoms with Gasteiger partial charge >= 0.3 is 0 Å². The number of amides is 1. The molecule has 1 aliphatic rings. The average molecular weight is 426 g/mol. The number of likely N-dealkylation sites (N-methyl/N-ethyl adjacent to an activating group) is 2. The Kier molecular flexibility index (Phi) is 6.15. The third kappa shape index (κ3) is 4.61. The average Bonchev–Trinajstić information content (AvgIpc) is 3.06. The monoisotopic (exact) mass is 425 g/mol. The number of carbonyl (C=O) groups is 1. The van der Waals surface area contributed by atoms with Crippen LogP contribution in [0.1, 0.15) is 22.3 Å². The predicted molar refractivity (Wildman–Crippen MR) is 136 cm³/mol. The maximum atomic E-state index is 12.8. The second kappa shape index (κ2) is 9.01. The van der Waals surface area contributed by atoms with Crippen LogP contribution in [0.25, 0.3) is 22.8 Å². The van der Waals surface area contributed by atoms with Crippen molar-refractivity contribution in [2.75, 3.05) is 44.4 Å². The smallest absolute Gasteiger partial charge is 0.256 e. The van der Waals surface area contributed by atoms with Crippen molar-refractivity contribution in [3.8, 4) is 11.1 Å². The van der Waals surface area contributed by atoms with E-state index in [4.69, 9.17) is 0 Å². The number of fused-ring (bicyclic) bond motifs is 1. The number of carbonyl (C=O) groups excluding carboxylic acids is 1. The Morgan fingerprint density at radius 1 is 0.844 bits per heavy atom. The molecule has 0 bridgehead atoms. The summed E-state index contributed by atoms with van der Waals surface area (Å²) in [6, 6.07) is 21.1. The lowest BCUT2D eigenvalue weighted by Crippen LogP contribution is -2.28. The van der Waals surface area contributed by atoms with Gasteiger partial charge in [0.15, 0.2) is 0 Å². The molecule has 32 heavy (non-hydrogen) atoms. The minimum atomic E-state index is -0.0510. The molecule has 0 spiro atoms. The maximum Gasteiger partial charge on any atom is 0.256 e. The first-order chi connectivity index (χ1) is 15.3. The van der Waals surface area contributed by atoms with Crippen LogP contribution in [0.2, 0.25) is 0 Å². The van der Waals surface area contributed by atoms with Crippen molar-refractivity contribution < 1.29 is 4.79 Å². The molecule has 0 unspecified atom stereocenters. The largest absolute Gasteiger partial charge is 0.373 e. The topological polar surface area (TPSA) is 35.6 Å². The number of rotatable bonds is 6. The number of anilines is 2. The van der Waals surface area contributed by atoms with Crippen LogP contribution in [-0.2, 0) is 4.79 Å². The minimum Gasteiger partial charge on any atom is -0.373 e. The Labute approximate surface area is 191 Å². The molecule has 4 heteroatoms. The molecule has 1 N–H and O–H groups in total. The molecule has 0 saturated heterocycles. The Balaban J connectivity index is 1.82. The summed E-state index contributed by atoms with van der Waals surface area (Å²) in [6.07, 6.45) is 2.04. The normalized spacial score (nSPS) is 14.1. The van der Waals surface area contributed by atoms with Gasteiger partial charge in [-0.2, -0.15) is 0 Å². The van der Waals surface area contributed by atoms with Crippen LogP contribution in [0.15, 0.2) is 60.7 Å². The van der Waals surface area contributed by atoms with Crippen LogP contribution >= 0.6 is 0 Å². The van der Waals surface area contributed by atoms with E-state index in [1.165, 1.54) is 16.7 Å². The second-order valence-electron chi connectivity index (χ2n) is 8.93. The molecular formula is C28H31N3O. The Bertz CT molecular complexity index is 1170. The van der Waals surface area contributed by atoms with Crippen LogP contribution in [-0.4, -0.2) is 45.0 Å². The molecule has 4 nitrogen and oxygen atoms in total. The first-order valence-corrected chi connectivity index (χ1v) is 11.0. The van der Waals surface area contributed by atoms with Crippen molar-refractivity contribution >= 4 is 28.9 Å². The summed E-state index contributed by atoms with van der Waals surface area (Å²) in [5, 5.41) is 2.99. The summed E-state index contributed by atoms with van der Waals surface area (Å²) in [4.78, 5) is 17.2. The molecule has 0 radical (unpaired) electrons. The van der Waals surface area contributed by atoms with E-state index in [0.29, 0.717) is 5.57 Å². The van der Waals surface area contributed by atoms with Crippen molar-refractivity contribution in [1.29, 1.82) is 0 Å². The lowest BCUT2D eigenvalue weighted by Gasteiger charge is -2.24. The Morgan fingerprint density at radius 3 is 2.28 bits per heavy atom. The highest BCUT2D eigenvalue weighted by atomic mass is 16.2. The number of hydrogen-bond donors (Lipinski definition) is 1. The van der Waals surface area contributed by atoms with E-state index in [1.54, 1.807) is 0 Å². The zero-order valence-electron chi connectivity index (χ0n) is 19.6. The lowest BCUT2D eigenvalue weighted by molar-refractivity contribution is -0.110. The fourth-order valence-electron chi connectivity index (χ4n) is 4.25. The third-order valence-electron chi connectivity index (χ3n) is 5.89. The molecule has 3 aromatic carbocycles. The van der Waals surface area contributed by atoms with E-state index < -0.39 is 0 Å². The zero-order chi connectivity index (χ0) is 22.8. The molecule has 0 fully saturated rings. The van der Waals surface area contributed by atoms with Crippen molar-refractivity contribution in [2.45, 2.75) is 13.8 Å². The standard InChI is InChI=1S/C28H31N3O/c1-19-14-20(2)16-22(15-19)21-10-11-27(31(5)13-12-30(3)4)23(17-21)18-25-24-8-6-7-9-26(24)29-28(25)32/h6-11,14-18H,12-13H2,1-5H3,(H,29,32). The number of hydrogen-bond acceptors (Lipinski definition) is 3. The molecule has 1 amide bonds. The van der Waals surface area contributed by atoms with E-state index in [-0.39, 0.29) is 5.91 Å². The van der Waals surface area contributed by atoms with Gasteiger partial charge in [0.1, 0.15) is 0 Å². The van der Waals surface area contributed by atoms with Gasteiger partial charge in [-0.25, -0.2) is 0 Å². The van der Waals surface area contributed by atoms with Crippen molar-refractivity contribution in [3.63, 3.8) is 0 Å². The second-order valence-corrected chi connectivity index (χ2v) is 8.93. The third-order valence-corrected chi connectivity index (χ3v) is 5.89. The van der Waals surface area contributed by atoms with Crippen molar-refractivity contribution in [1.82, 2.24) is 4.90 Å². The number of benzene rings is 3.